The first-order valence-corrected chi connectivity index (χ1v) is 7.51. The summed E-state index contributed by atoms with van der Waals surface area (Å²) >= 11 is 0. The molecule has 25 heavy (non-hydrogen) atoms. The highest BCUT2D eigenvalue weighted by molar-refractivity contribution is 6.45. The van der Waals surface area contributed by atoms with Crippen LogP contribution in [0, 0.1) is 0 Å². The van der Waals surface area contributed by atoms with Crippen LogP contribution in [0.2, 0.25) is 0 Å². The van der Waals surface area contributed by atoms with Gasteiger partial charge in [0.1, 0.15) is 19.5 Å². The fraction of sp³-hybridized carbons (Fsp3) is 0.167. The van der Waals surface area contributed by atoms with Gasteiger partial charge in [0.05, 0.1) is 6.21 Å². The van der Waals surface area contributed by atoms with Gasteiger partial charge in [-0.1, -0.05) is 46.7 Å². The van der Waals surface area contributed by atoms with Crippen molar-refractivity contribution in [3.05, 3.63) is 65.2 Å². The summed E-state index contributed by atoms with van der Waals surface area (Å²) in [5, 5.41) is 19.6. The molecule has 2 aromatic carbocycles. The number of phenolic OH excluding ortho intramolecular Hbond substituents is 1. The number of carbonyl (C=O) groups is 1. The highest BCUT2D eigenvalue weighted by Gasteiger charge is 2.17. The molecule has 0 aliphatic carbocycles. The molecule has 0 radical (unpaired) electrons. The van der Waals surface area contributed by atoms with E-state index in [0.29, 0.717) is 11.1 Å². The molecule has 0 aromatic heterocycles. The summed E-state index contributed by atoms with van der Waals surface area (Å²) in [6.07, 6.45) is 1.49. The Balaban J connectivity index is 2.12. The average Bonchev–Trinajstić information content (AvgIpc) is 2.63. The average molecular weight is 341 g/mol. The molecule has 1 amide bonds. The van der Waals surface area contributed by atoms with Crippen LogP contribution >= 0.6 is 0 Å². The second-order valence-electron chi connectivity index (χ2n) is 4.96. The Morgan fingerprint density at radius 2 is 2.04 bits per heavy atom. The second-order valence-corrected chi connectivity index (χ2v) is 4.96. The van der Waals surface area contributed by atoms with Crippen LogP contribution < -0.4 is 5.32 Å². The zero-order valence-corrected chi connectivity index (χ0v) is 14.0. The van der Waals surface area contributed by atoms with E-state index >= 15 is 0 Å². The number of oxime groups is 2. The number of phenols is 1. The van der Waals surface area contributed by atoms with Crippen molar-refractivity contribution in [1.29, 1.82) is 0 Å². The van der Waals surface area contributed by atoms with E-state index in [1.54, 1.807) is 36.4 Å². The van der Waals surface area contributed by atoms with Crippen LogP contribution in [0.1, 0.15) is 16.7 Å². The van der Waals surface area contributed by atoms with Crippen molar-refractivity contribution in [2.75, 3.05) is 14.2 Å². The Morgan fingerprint density at radius 1 is 1.24 bits per heavy atom. The van der Waals surface area contributed by atoms with Gasteiger partial charge >= 0.3 is 0 Å². The molecule has 0 fully saturated rings. The third kappa shape index (κ3) is 5.07. The van der Waals surface area contributed by atoms with Crippen molar-refractivity contribution in [2.45, 2.75) is 6.61 Å². The Bertz CT molecular complexity index is 787. The largest absolute Gasteiger partial charge is 0.508 e. The van der Waals surface area contributed by atoms with Gasteiger partial charge in [-0.15, -0.1) is 0 Å². The van der Waals surface area contributed by atoms with Gasteiger partial charge in [0.25, 0.3) is 5.91 Å². The lowest BCUT2D eigenvalue weighted by Crippen LogP contribution is -2.29. The molecule has 0 saturated carbocycles. The van der Waals surface area contributed by atoms with Crippen molar-refractivity contribution in [3.63, 3.8) is 0 Å². The van der Waals surface area contributed by atoms with Gasteiger partial charge in [0, 0.05) is 18.2 Å². The highest BCUT2D eigenvalue weighted by atomic mass is 16.6. The van der Waals surface area contributed by atoms with Gasteiger partial charge in [-0.3, -0.25) is 4.79 Å². The number of aromatic hydroxyl groups is 1. The molecule has 0 aliphatic rings. The summed E-state index contributed by atoms with van der Waals surface area (Å²) in [5.74, 6) is -0.210. The minimum absolute atomic E-state index is 0.144. The van der Waals surface area contributed by atoms with Crippen LogP contribution in [0.15, 0.2) is 58.8 Å². The highest BCUT2D eigenvalue weighted by Crippen LogP contribution is 2.13. The normalized spacial score (nSPS) is 11.4. The van der Waals surface area contributed by atoms with Crippen LogP contribution in [-0.4, -0.2) is 37.1 Å². The number of rotatable bonds is 7. The van der Waals surface area contributed by atoms with E-state index in [2.05, 4.69) is 15.6 Å². The molecule has 0 saturated heterocycles. The molecule has 130 valence electrons. The van der Waals surface area contributed by atoms with E-state index in [-0.39, 0.29) is 24.0 Å². The first-order valence-electron chi connectivity index (χ1n) is 7.51. The van der Waals surface area contributed by atoms with Gasteiger partial charge in [-0.05, 0) is 17.7 Å². The quantitative estimate of drug-likeness (QED) is 0.595. The minimum Gasteiger partial charge on any atom is -0.508 e. The Kier molecular flexibility index (Phi) is 6.53. The minimum atomic E-state index is -0.363. The molecule has 0 atom stereocenters. The van der Waals surface area contributed by atoms with Crippen LogP contribution in [0.5, 0.6) is 5.75 Å². The summed E-state index contributed by atoms with van der Waals surface area (Å²) in [6.45, 7) is 0.144. The second kappa shape index (κ2) is 9.07. The Hall–Kier alpha value is -3.35. The van der Waals surface area contributed by atoms with E-state index in [4.69, 9.17) is 9.68 Å². The fourth-order valence-electron chi connectivity index (χ4n) is 2.11. The predicted molar refractivity (Wildman–Crippen MR) is 94.5 cm³/mol. The van der Waals surface area contributed by atoms with Gasteiger partial charge in [0.2, 0.25) is 0 Å². The number of amides is 1. The number of likely N-dealkylation sites (N-methyl/N-ethyl adjacent to an activating group) is 1. The molecule has 7 heteroatoms. The van der Waals surface area contributed by atoms with Crippen LogP contribution in [0.4, 0.5) is 0 Å². The van der Waals surface area contributed by atoms with Crippen molar-refractivity contribution >= 4 is 17.8 Å². The fourth-order valence-corrected chi connectivity index (χ4v) is 2.11. The molecule has 0 aliphatic heterocycles. The lowest BCUT2D eigenvalue weighted by molar-refractivity contribution is -0.114. The SMILES string of the molecule is CNC(=O)/C(=N/OC)c1ccccc1CO/N=C/c1cccc(O)c1. The van der Waals surface area contributed by atoms with Crippen molar-refractivity contribution in [2.24, 2.45) is 10.3 Å². The van der Waals surface area contributed by atoms with Gasteiger partial charge < -0.3 is 20.1 Å². The number of benzene rings is 2. The van der Waals surface area contributed by atoms with E-state index in [0.717, 1.165) is 5.56 Å². The first kappa shape index (κ1) is 18.0. The standard InChI is InChI=1S/C18H19N3O4/c1-19-18(23)17(21-24-2)16-9-4-3-7-14(16)12-25-20-11-13-6-5-8-15(22)10-13/h3-11,22H,12H2,1-2H3,(H,19,23)/b20-11+,21-17+. The van der Waals surface area contributed by atoms with Gasteiger partial charge in [0.15, 0.2) is 5.71 Å². The van der Waals surface area contributed by atoms with Crippen molar-refractivity contribution < 1.29 is 19.6 Å². The predicted octanol–water partition coefficient (Wildman–Crippen LogP) is 2.04. The molecule has 0 heterocycles. The van der Waals surface area contributed by atoms with Gasteiger partial charge in [-0.2, -0.15) is 0 Å². The smallest absolute Gasteiger partial charge is 0.273 e. The molecule has 0 unspecified atom stereocenters. The molecule has 2 rings (SSSR count). The van der Waals surface area contributed by atoms with Crippen LogP contribution in [-0.2, 0) is 21.1 Å². The topological polar surface area (TPSA) is 92.5 Å². The number of hydrogen-bond donors (Lipinski definition) is 2. The Labute approximate surface area is 145 Å². The summed E-state index contributed by atoms with van der Waals surface area (Å²) in [5.41, 5.74) is 2.19. The molecule has 7 nitrogen and oxygen atoms in total. The number of carbonyl (C=O) groups excluding carboxylic acids is 1. The maximum atomic E-state index is 12.0. The number of nitrogens with zero attached hydrogens (tertiary/aromatic N) is 2. The third-order valence-electron chi connectivity index (χ3n) is 3.26. The monoisotopic (exact) mass is 341 g/mol. The third-order valence-corrected chi connectivity index (χ3v) is 3.26. The zero-order valence-electron chi connectivity index (χ0n) is 14.0. The molecule has 0 spiro atoms. The molecule has 2 aromatic rings. The number of hydrogen-bond acceptors (Lipinski definition) is 6. The summed E-state index contributed by atoms with van der Waals surface area (Å²) < 4.78 is 0. The molecule has 0 bridgehead atoms. The maximum absolute atomic E-state index is 12.0. The van der Waals surface area contributed by atoms with Crippen molar-refractivity contribution in [1.82, 2.24) is 5.32 Å². The van der Waals surface area contributed by atoms with E-state index in [1.807, 2.05) is 12.1 Å². The maximum Gasteiger partial charge on any atom is 0.273 e. The van der Waals surface area contributed by atoms with Crippen LogP contribution in [0.25, 0.3) is 0 Å². The molecule has 2 N–H and O–H groups in total. The van der Waals surface area contributed by atoms with Crippen molar-refractivity contribution in [3.8, 4) is 5.75 Å². The van der Waals surface area contributed by atoms with E-state index in [1.165, 1.54) is 20.4 Å². The molecular weight excluding hydrogens is 322 g/mol. The van der Waals surface area contributed by atoms with E-state index < -0.39 is 0 Å². The Morgan fingerprint density at radius 3 is 2.76 bits per heavy atom. The zero-order chi connectivity index (χ0) is 18.1. The first-order chi connectivity index (χ1) is 12.2. The number of nitrogens with one attached hydrogen (secondary N) is 1. The summed E-state index contributed by atoms with van der Waals surface area (Å²) in [7, 11) is 2.90. The lowest BCUT2D eigenvalue weighted by Gasteiger charge is -2.09. The van der Waals surface area contributed by atoms with Crippen LogP contribution in [0.3, 0.4) is 0 Å². The van der Waals surface area contributed by atoms with E-state index in [9.17, 15) is 9.90 Å². The summed E-state index contributed by atoms with van der Waals surface area (Å²) in [4.78, 5) is 22.1. The lowest BCUT2D eigenvalue weighted by atomic mass is 10.0. The van der Waals surface area contributed by atoms with Gasteiger partial charge in [-0.25, -0.2) is 0 Å². The molecular formula is C18H19N3O4. The summed E-state index contributed by atoms with van der Waals surface area (Å²) in [6, 6.07) is 13.8.